The molecule has 0 aliphatic carbocycles. The van der Waals surface area contributed by atoms with E-state index in [0.29, 0.717) is 22.8 Å². The van der Waals surface area contributed by atoms with Gasteiger partial charge in [-0.25, -0.2) is 5.43 Å². The summed E-state index contributed by atoms with van der Waals surface area (Å²) in [5, 5.41) is 13.4. The lowest BCUT2D eigenvalue weighted by Gasteiger charge is -2.24. The number of hydrogen-bond acceptors (Lipinski definition) is 6. The number of phenolic OH excluding ortho intramolecular Hbond substituents is 1. The van der Waals surface area contributed by atoms with E-state index in [4.69, 9.17) is 14.2 Å². The van der Waals surface area contributed by atoms with E-state index in [0.717, 1.165) is 0 Å². The van der Waals surface area contributed by atoms with Crippen LogP contribution in [0.3, 0.4) is 0 Å². The first kappa shape index (κ1) is 15.7. The number of hydrogen-bond donors (Lipinski definition) is 2. The molecule has 1 amide bonds. The Hall–Kier alpha value is -3.22. The van der Waals surface area contributed by atoms with Crippen LogP contribution in [0.15, 0.2) is 47.6 Å². The minimum absolute atomic E-state index is 0.0325. The van der Waals surface area contributed by atoms with Crippen molar-refractivity contribution in [3.63, 3.8) is 0 Å². The molecule has 0 fully saturated rings. The van der Waals surface area contributed by atoms with Gasteiger partial charge in [-0.1, -0.05) is 12.1 Å². The molecule has 1 unspecified atom stereocenters. The second kappa shape index (κ2) is 6.91. The number of rotatable bonds is 4. The van der Waals surface area contributed by atoms with E-state index in [1.165, 1.54) is 19.4 Å². The Kier molecular flexibility index (Phi) is 4.51. The Morgan fingerprint density at radius 2 is 2.12 bits per heavy atom. The van der Waals surface area contributed by atoms with E-state index in [-0.39, 0.29) is 12.4 Å². The predicted octanol–water partition coefficient (Wildman–Crippen LogP) is 1.69. The van der Waals surface area contributed by atoms with E-state index in [2.05, 4.69) is 10.5 Å². The van der Waals surface area contributed by atoms with E-state index >= 15 is 0 Å². The first-order valence-electron chi connectivity index (χ1n) is 7.26. The highest BCUT2D eigenvalue weighted by Gasteiger charge is 2.26. The van der Waals surface area contributed by atoms with Crippen LogP contribution in [0.5, 0.6) is 23.0 Å². The van der Waals surface area contributed by atoms with Crippen molar-refractivity contribution in [2.24, 2.45) is 5.10 Å². The molecule has 0 saturated heterocycles. The minimum atomic E-state index is -0.772. The van der Waals surface area contributed by atoms with Crippen molar-refractivity contribution in [1.29, 1.82) is 0 Å². The van der Waals surface area contributed by atoms with Gasteiger partial charge in [-0.05, 0) is 35.9 Å². The molecule has 0 bridgehead atoms. The first-order valence-corrected chi connectivity index (χ1v) is 7.26. The molecule has 1 aliphatic rings. The van der Waals surface area contributed by atoms with Crippen LogP contribution in [0.1, 0.15) is 5.56 Å². The number of phenols is 1. The lowest BCUT2D eigenvalue weighted by atomic mass is 10.2. The average molecular weight is 328 g/mol. The standard InChI is InChI=1S/C17H16N2O5/c1-22-15-8-11(6-7-12(15)20)9-18-19-17(21)16-10-23-13-4-2-3-5-14(13)24-16/h2-9,16,20H,10H2,1H3,(H,19,21)/b18-9+. The number of benzene rings is 2. The summed E-state index contributed by atoms with van der Waals surface area (Å²) in [6.45, 7) is 0.116. The summed E-state index contributed by atoms with van der Waals surface area (Å²) in [7, 11) is 1.45. The maximum atomic E-state index is 12.1. The molecule has 7 heteroatoms. The summed E-state index contributed by atoms with van der Waals surface area (Å²) < 4.78 is 16.1. The second-order valence-electron chi connectivity index (χ2n) is 5.03. The van der Waals surface area contributed by atoms with Crippen molar-refractivity contribution >= 4 is 12.1 Å². The Morgan fingerprint density at radius 1 is 1.33 bits per heavy atom. The van der Waals surface area contributed by atoms with Crippen LogP contribution < -0.4 is 19.6 Å². The van der Waals surface area contributed by atoms with Crippen LogP contribution in [0.2, 0.25) is 0 Å². The number of ether oxygens (including phenoxy) is 3. The summed E-state index contributed by atoms with van der Waals surface area (Å²) in [5.41, 5.74) is 3.07. The molecular formula is C17H16N2O5. The number of amides is 1. The quantitative estimate of drug-likeness (QED) is 0.658. The van der Waals surface area contributed by atoms with Gasteiger partial charge in [-0.2, -0.15) is 5.10 Å². The summed E-state index contributed by atoms with van der Waals surface area (Å²) in [4.78, 5) is 12.1. The lowest BCUT2D eigenvalue weighted by molar-refractivity contribution is -0.130. The highest BCUT2D eigenvalue weighted by atomic mass is 16.6. The summed E-state index contributed by atoms with van der Waals surface area (Å²) in [6, 6.07) is 11.9. The topological polar surface area (TPSA) is 89.4 Å². The molecule has 7 nitrogen and oxygen atoms in total. The van der Waals surface area contributed by atoms with Crippen LogP contribution in [-0.2, 0) is 4.79 Å². The number of hydrazone groups is 1. The van der Waals surface area contributed by atoms with Crippen LogP contribution in [0, 0.1) is 0 Å². The highest BCUT2D eigenvalue weighted by Crippen LogP contribution is 2.30. The fraction of sp³-hybridized carbons (Fsp3) is 0.176. The van der Waals surface area contributed by atoms with Crippen LogP contribution in [0.4, 0.5) is 0 Å². The first-order chi connectivity index (χ1) is 11.7. The Bertz CT molecular complexity index is 775. The van der Waals surface area contributed by atoms with Gasteiger partial charge in [0.2, 0.25) is 6.10 Å². The molecule has 1 heterocycles. The van der Waals surface area contributed by atoms with Gasteiger partial charge in [0, 0.05) is 0 Å². The van der Waals surface area contributed by atoms with Crippen LogP contribution >= 0.6 is 0 Å². The van der Waals surface area contributed by atoms with E-state index in [9.17, 15) is 9.90 Å². The average Bonchev–Trinajstić information content (AvgIpc) is 2.62. The van der Waals surface area contributed by atoms with E-state index < -0.39 is 12.0 Å². The van der Waals surface area contributed by atoms with Gasteiger partial charge < -0.3 is 19.3 Å². The smallest absolute Gasteiger partial charge is 0.284 e. The van der Waals surface area contributed by atoms with Gasteiger partial charge in [0.15, 0.2) is 23.0 Å². The molecule has 2 aromatic carbocycles. The molecule has 3 rings (SSSR count). The number of aromatic hydroxyl groups is 1. The zero-order valence-electron chi connectivity index (χ0n) is 12.9. The predicted molar refractivity (Wildman–Crippen MR) is 86.7 cm³/mol. The largest absolute Gasteiger partial charge is 0.504 e. The normalized spacial score (nSPS) is 16.0. The molecule has 0 saturated carbocycles. The zero-order valence-corrected chi connectivity index (χ0v) is 12.9. The maximum Gasteiger partial charge on any atom is 0.284 e. The summed E-state index contributed by atoms with van der Waals surface area (Å²) >= 11 is 0. The minimum Gasteiger partial charge on any atom is -0.504 e. The number of carbonyl (C=O) groups excluding carboxylic acids is 1. The number of nitrogens with zero attached hydrogens (tertiary/aromatic N) is 1. The van der Waals surface area contributed by atoms with Crippen molar-refractivity contribution in [2.75, 3.05) is 13.7 Å². The second-order valence-corrected chi connectivity index (χ2v) is 5.03. The Balaban J connectivity index is 1.60. The third-order valence-electron chi connectivity index (χ3n) is 3.39. The SMILES string of the molecule is COc1cc(/C=N/NC(=O)C2COc3ccccc3O2)ccc1O. The van der Waals surface area contributed by atoms with E-state index in [1.54, 1.807) is 30.3 Å². The molecule has 0 spiro atoms. The number of nitrogens with one attached hydrogen (secondary N) is 1. The highest BCUT2D eigenvalue weighted by molar-refractivity contribution is 5.85. The van der Waals surface area contributed by atoms with Crippen molar-refractivity contribution in [3.05, 3.63) is 48.0 Å². The Morgan fingerprint density at radius 3 is 2.92 bits per heavy atom. The monoisotopic (exact) mass is 328 g/mol. The molecule has 0 aromatic heterocycles. The van der Waals surface area contributed by atoms with E-state index in [1.807, 2.05) is 6.07 Å². The molecule has 2 aromatic rings. The third kappa shape index (κ3) is 3.40. The molecule has 24 heavy (non-hydrogen) atoms. The third-order valence-corrected chi connectivity index (χ3v) is 3.39. The van der Waals surface area contributed by atoms with Crippen LogP contribution in [-0.4, -0.2) is 37.0 Å². The zero-order chi connectivity index (χ0) is 16.9. The molecule has 1 aliphatic heterocycles. The fourth-order valence-corrected chi connectivity index (χ4v) is 2.17. The molecule has 0 radical (unpaired) electrons. The van der Waals surface area contributed by atoms with Gasteiger partial charge in [-0.3, -0.25) is 4.79 Å². The van der Waals surface area contributed by atoms with Crippen molar-refractivity contribution in [3.8, 4) is 23.0 Å². The Labute approximate surface area is 138 Å². The number of carbonyl (C=O) groups is 1. The summed E-state index contributed by atoms with van der Waals surface area (Å²) in [5.74, 6) is 1.08. The van der Waals surface area contributed by atoms with Crippen molar-refractivity contribution in [1.82, 2.24) is 5.43 Å². The number of methoxy groups -OCH3 is 1. The lowest BCUT2D eigenvalue weighted by Crippen LogP contribution is -2.42. The number of para-hydroxylation sites is 2. The molecular weight excluding hydrogens is 312 g/mol. The summed E-state index contributed by atoms with van der Waals surface area (Å²) in [6.07, 6.45) is 0.670. The van der Waals surface area contributed by atoms with Gasteiger partial charge in [0.25, 0.3) is 5.91 Å². The van der Waals surface area contributed by atoms with Gasteiger partial charge in [0.1, 0.15) is 6.61 Å². The van der Waals surface area contributed by atoms with Crippen molar-refractivity contribution < 1.29 is 24.1 Å². The van der Waals surface area contributed by atoms with Gasteiger partial charge in [0.05, 0.1) is 13.3 Å². The molecule has 2 N–H and O–H groups in total. The molecule has 124 valence electrons. The van der Waals surface area contributed by atoms with Crippen molar-refractivity contribution in [2.45, 2.75) is 6.10 Å². The van der Waals surface area contributed by atoms with Gasteiger partial charge >= 0.3 is 0 Å². The number of fused-ring (bicyclic) bond motifs is 1. The van der Waals surface area contributed by atoms with Gasteiger partial charge in [-0.15, -0.1) is 0 Å². The maximum absolute atomic E-state index is 12.1. The molecule has 1 atom stereocenters. The van der Waals surface area contributed by atoms with Crippen LogP contribution in [0.25, 0.3) is 0 Å². The fourth-order valence-electron chi connectivity index (χ4n) is 2.17.